The van der Waals surface area contributed by atoms with Gasteiger partial charge in [0.25, 0.3) is 5.91 Å². The Bertz CT molecular complexity index is 824. The summed E-state index contributed by atoms with van der Waals surface area (Å²) in [7, 11) is 3.42. The molecular formula is C16H16ClN5O. The van der Waals surface area contributed by atoms with Gasteiger partial charge < -0.3 is 14.5 Å². The summed E-state index contributed by atoms with van der Waals surface area (Å²) in [5.41, 5.74) is 2.41. The maximum atomic E-state index is 12.4. The highest BCUT2D eigenvalue weighted by Gasteiger charge is 2.18. The van der Waals surface area contributed by atoms with Crippen molar-refractivity contribution >= 4 is 17.5 Å². The van der Waals surface area contributed by atoms with E-state index in [-0.39, 0.29) is 11.2 Å². The quantitative estimate of drug-likeness (QED) is 0.800. The molecule has 0 aliphatic heterocycles. The van der Waals surface area contributed by atoms with Crippen LogP contribution in [-0.4, -0.2) is 37.4 Å². The lowest BCUT2D eigenvalue weighted by molar-refractivity contribution is 0.0772. The number of rotatable bonds is 4. The summed E-state index contributed by atoms with van der Waals surface area (Å²) in [6.07, 6.45) is 3.24. The Hall–Kier alpha value is -2.60. The lowest BCUT2D eigenvalue weighted by atomic mass is 10.2. The molecule has 0 aliphatic rings. The zero-order chi connectivity index (χ0) is 16.4. The van der Waals surface area contributed by atoms with Crippen LogP contribution in [0.5, 0.6) is 0 Å². The Balaban J connectivity index is 1.73. The Morgan fingerprint density at radius 2 is 2.00 bits per heavy atom. The third-order valence-corrected chi connectivity index (χ3v) is 3.95. The monoisotopic (exact) mass is 329 g/mol. The number of hydrogen-bond donors (Lipinski definition) is 1. The number of carbonyl (C=O) groups is 1. The molecule has 3 rings (SSSR count). The number of benzene rings is 1. The number of amides is 1. The number of halogens is 1. The van der Waals surface area contributed by atoms with Gasteiger partial charge in [-0.25, -0.2) is 9.97 Å². The first-order valence-electron chi connectivity index (χ1n) is 7.08. The molecule has 0 radical (unpaired) electrons. The summed E-state index contributed by atoms with van der Waals surface area (Å²) >= 11 is 5.87. The van der Waals surface area contributed by atoms with E-state index in [1.54, 1.807) is 29.8 Å². The maximum Gasteiger partial charge on any atom is 0.272 e. The smallest absolute Gasteiger partial charge is 0.272 e. The fraction of sp³-hybridized carbons (Fsp3) is 0.188. The van der Waals surface area contributed by atoms with Gasteiger partial charge >= 0.3 is 0 Å². The predicted molar refractivity (Wildman–Crippen MR) is 88.0 cm³/mol. The number of nitrogens with one attached hydrogen (secondary N) is 1. The molecule has 3 aromatic rings. The van der Waals surface area contributed by atoms with Gasteiger partial charge in [0, 0.05) is 14.1 Å². The standard InChI is InChI=1S/C16H16ClN5O/c1-21(15(23)13-9-19-16(17)22(13)2)10-14-18-8-12(20-14)11-6-4-3-5-7-11/h3-9H,10H2,1-2H3,(H,18,20). The average Bonchev–Trinajstić information content (AvgIpc) is 3.15. The van der Waals surface area contributed by atoms with Gasteiger partial charge in [-0.05, 0) is 17.2 Å². The first-order chi connectivity index (χ1) is 11.1. The van der Waals surface area contributed by atoms with E-state index >= 15 is 0 Å². The van der Waals surface area contributed by atoms with E-state index in [0.717, 1.165) is 11.3 Å². The summed E-state index contributed by atoms with van der Waals surface area (Å²) in [6, 6.07) is 9.91. The number of hydrogen-bond acceptors (Lipinski definition) is 3. The Morgan fingerprint density at radius 1 is 1.26 bits per heavy atom. The molecule has 0 unspecified atom stereocenters. The average molecular weight is 330 g/mol. The molecule has 2 aromatic heterocycles. The van der Waals surface area contributed by atoms with Crippen LogP contribution in [0.3, 0.4) is 0 Å². The number of aromatic amines is 1. The minimum absolute atomic E-state index is 0.162. The highest BCUT2D eigenvalue weighted by atomic mass is 35.5. The molecule has 0 saturated heterocycles. The van der Waals surface area contributed by atoms with Crippen molar-refractivity contribution in [1.29, 1.82) is 0 Å². The van der Waals surface area contributed by atoms with Gasteiger partial charge in [0.1, 0.15) is 11.5 Å². The largest absolute Gasteiger partial charge is 0.341 e. The van der Waals surface area contributed by atoms with E-state index in [4.69, 9.17) is 11.6 Å². The molecule has 0 bridgehead atoms. The molecule has 2 heterocycles. The van der Waals surface area contributed by atoms with Crippen molar-refractivity contribution in [2.45, 2.75) is 6.54 Å². The molecule has 23 heavy (non-hydrogen) atoms. The van der Waals surface area contributed by atoms with Gasteiger partial charge in [0.05, 0.1) is 24.6 Å². The highest BCUT2D eigenvalue weighted by Crippen LogP contribution is 2.17. The third-order valence-electron chi connectivity index (χ3n) is 3.60. The van der Waals surface area contributed by atoms with Gasteiger partial charge in [0.2, 0.25) is 5.28 Å². The first kappa shape index (κ1) is 15.3. The molecule has 7 heteroatoms. The minimum Gasteiger partial charge on any atom is -0.341 e. The first-order valence-corrected chi connectivity index (χ1v) is 7.46. The van der Waals surface area contributed by atoms with E-state index in [1.165, 1.54) is 6.20 Å². The molecular weight excluding hydrogens is 314 g/mol. The Labute approximate surface area is 138 Å². The van der Waals surface area contributed by atoms with Gasteiger partial charge in [-0.1, -0.05) is 30.3 Å². The molecule has 1 aromatic carbocycles. The molecule has 6 nitrogen and oxygen atoms in total. The van der Waals surface area contributed by atoms with Crippen LogP contribution in [0.25, 0.3) is 11.3 Å². The second-order valence-corrected chi connectivity index (χ2v) is 5.58. The van der Waals surface area contributed by atoms with E-state index in [0.29, 0.717) is 18.1 Å². The molecule has 0 fully saturated rings. The van der Waals surface area contributed by atoms with Crippen LogP contribution in [-0.2, 0) is 13.6 Å². The minimum atomic E-state index is -0.162. The van der Waals surface area contributed by atoms with Crippen molar-refractivity contribution in [3.8, 4) is 11.3 Å². The molecule has 0 atom stereocenters. The van der Waals surface area contributed by atoms with Crippen LogP contribution in [0.4, 0.5) is 0 Å². The molecule has 1 amide bonds. The van der Waals surface area contributed by atoms with Crippen molar-refractivity contribution in [2.24, 2.45) is 7.05 Å². The van der Waals surface area contributed by atoms with Crippen LogP contribution in [0, 0.1) is 0 Å². The lowest BCUT2D eigenvalue weighted by Crippen LogP contribution is -2.28. The number of nitrogens with zero attached hydrogens (tertiary/aromatic N) is 4. The normalized spacial score (nSPS) is 10.7. The maximum absolute atomic E-state index is 12.4. The lowest BCUT2D eigenvalue weighted by Gasteiger charge is -2.15. The van der Waals surface area contributed by atoms with Crippen molar-refractivity contribution in [3.63, 3.8) is 0 Å². The van der Waals surface area contributed by atoms with Crippen LogP contribution in [0.15, 0.2) is 42.7 Å². The van der Waals surface area contributed by atoms with E-state index in [9.17, 15) is 4.79 Å². The van der Waals surface area contributed by atoms with Crippen LogP contribution in [0.1, 0.15) is 16.3 Å². The fourth-order valence-corrected chi connectivity index (χ4v) is 2.42. The molecule has 1 N–H and O–H groups in total. The van der Waals surface area contributed by atoms with Gasteiger partial charge in [-0.2, -0.15) is 0 Å². The molecule has 0 spiro atoms. The number of imidazole rings is 2. The van der Waals surface area contributed by atoms with Crippen LogP contribution >= 0.6 is 11.6 Å². The number of carbonyl (C=O) groups excluding carboxylic acids is 1. The summed E-state index contributed by atoms with van der Waals surface area (Å²) in [6.45, 7) is 0.370. The van der Waals surface area contributed by atoms with Crippen molar-refractivity contribution in [2.75, 3.05) is 7.05 Å². The van der Waals surface area contributed by atoms with Crippen LogP contribution < -0.4 is 0 Å². The molecule has 0 aliphatic carbocycles. The molecule has 0 saturated carbocycles. The third kappa shape index (κ3) is 3.12. The van der Waals surface area contributed by atoms with E-state index in [1.807, 2.05) is 30.3 Å². The second kappa shape index (κ2) is 6.26. The van der Waals surface area contributed by atoms with Crippen molar-refractivity contribution in [3.05, 3.63) is 59.5 Å². The summed E-state index contributed by atoms with van der Waals surface area (Å²) < 4.78 is 1.55. The Kier molecular flexibility index (Phi) is 4.16. The van der Waals surface area contributed by atoms with Crippen molar-refractivity contribution < 1.29 is 4.79 Å². The van der Waals surface area contributed by atoms with Crippen molar-refractivity contribution in [1.82, 2.24) is 24.4 Å². The fourth-order valence-electron chi connectivity index (χ4n) is 2.28. The predicted octanol–water partition coefficient (Wildman–Crippen LogP) is 2.74. The summed E-state index contributed by atoms with van der Waals surface area (Å²) in [5.74, 6) is 0.553. The summed E-state index contributed by atoms with van der Waals surface area (Å²) in [5, 5.41) is 0.283. The van der Waals surface area contributed by atoms with Gasteiger partial charge in [-0.15, -0.1) is 0 Å². The molecule has 118 valence electrons. The number of aromatic nitrogens is 4. The number of H-pyrrole nitrogens is 1. The summed E-state index contributed by atoms with van der Waals surface area (Å²) in [4.78, 5) is 25.5. The highest BCUT2D eigenvalue weighted by molar-refractivity contribution is 6.28. The van der Waals surface area contributed by atoms with E-state index in [2.05, 4.69) is 15.0 Å². The SMILES string of the molecule is CN(Cc1ncc(-c2ccccc2)[nH]1)C(=O)c1cnc(Cl)n1C. The van der Waals surface area contributed by atoms with E-state index < -0.39 is 0 Å². The van der Waals surface area contributed by atoms with Gasteiger partial charge in [0.15, 0.2) is 0 Å². The topological polar surface area (TPSA) is 66.8 Å². The zero-order valence-corrected chi connectivity index (χ0v) is 13.6. The Morgan fingerprint density at radius 3 is 2.65 bits per heavy atom. The second-order valence-electron chi connectivity index (χ2n) is 5.24. The van der Waals surface area contributed by atoms with Gasteiger partial charge in [-0.3, -0.25) is 4.79 Å². The van der Waals surface area contributed by atoms with Crippen LogP contribution in [0.2, 0.25) is 5.28 Å². The zero-order valence-electron chi connectivity index (χ0n) is 12.8.